The second-order valence-corrected chi connectivity index (χ2v) is 35.1. The summed E-state index contributed by atoms with van der Waals surface area (Å²) in [5, 5.41) is 18.6. The van der Waals surface area contributed by atoms with Crippen LogP contribution in [0.4, 0.5) is 0 Å². The fraction of sp³-hybridized carbons (Fsp3) is 0.0526. The predicted octanol–water partition coefficient (Wildman–Crippen LogP) is 31.1. The molecule has 26 aromatic rings. The van der Waals surface area contributed by atoms with E-state index in [2.05, 4.69) is 402 Å². The second kappa shape index (κ2) is 28.4. The molecule has 27 rings (SSSR count). The molecule has 0 atom stereocenters. The van der Waals surface area contributed by atoms with Crippen molar-refractivity contribution in [3.8, 4) is 56.1 Å². The number of hydrogen-bond donors (Lipinski definition) is 0. The largest absolute Gasteiger partial charge is 0.494 e. The summed E-state index contributed by atoms with van der Waals surface area (Å²) in [7, 11) is -0.399. The summed E-state index contributed by atoms with van der Waals surface area (Å²) < 4.78 is 47.9. The summed E-state index contributed by atoms with van der Waals surface area (Å²) in [5.41, 5.74) is 28.6. The lowest BCUT2D eigenvalue weighted by molar-refractivity contribution is 0.00578. The van der Waals surface area contributed by atoms with Crippen molar-refractivity contribution in [2.75, 3.05) is 0 Å². The van der Waals surface area contributed by atoms with Crippen molar-refractivity contribution >= 4 is 203 Å². The van der Waals surface area contributed by atoms with E-state index in [1.54, 1.807) is 0 Å². The molecule has 18 aromatic carbocycles. The molecule has 12 heteroatoms. The molecule has 0 saturated carbocycles. The Hall–Kier alpha value is -15.2. The van der Waals surface area contributed by atoms with Crippen LogP contribution in [0.1, 0.15) is 27.7 Å². The van der Waals surface area contributed by atoms with Gasteiger partial charge in [-0.1, -0.05) is 222 Å². The molecule has 0 amide bonds. The van der Waals surface area contributed by atoms with Gasteiger partial charge in [0.2, 0.25) is 0 Å². The standard InChI is InChI=1S/C54H32N2O2.C36H23BrN2.C24H21BO4/c1-2-12-37(13-3-1)55-47-18-7-4-15-39(47)42-28-34(21-24-49(42)55)35-22-25-50-43(29-35)40-16-5-8-19-48(40)56(50)38-14-10-11-33(27-38)36-23-26-52-44(30-36)46-32-53-45(31-54(46)58-52)41-17-6-9-20-51(41)57-53;37-26-9-8-12-28(23-26)39-34-16-7-5-14-30(34)32-22-25(18-20-36(32)39)24-17-19-35-31(21-24)29-13-4-6-15-33(29)38(35)27-10-2-1-3-11-27;1-23(2)24(3,4)29-25(28-23)14-9-10-20-16(11-14)18-13-21-17(12-22(18)27-20)15-7-5-6-8-19(15)26-21/h1-32H;1-23H;5-13H,1-4H3. The molecule has 0 spiro atoms. The zero-order valence-electron chi connectivity index (χ0n) is 69.1. The normalized spacial score (nSPS) is 13.5. The van der Waals surface area contributed by atoms with Crippen LogP contribution in [-0.2, 0) is 9.31 Å². The lowest BCUT2D eigenvalue weighted by Crippen LogP contribution is -2.41. The van der Waals surface area contributed by atoms with Gasteiger partial charge in [0.05, 0.1) is 55.3 Å². The van der Waals surface area contributed by atoms with E-state index in [1.165, 1.54) is 121 Å². The Morgan fingerprint density at radius 1 is 0.198 bits per heavy atom. The summed E-state index contributed by atoms with van der Waals surface area (Å²) in [6, 6.07) is 138. The molecule has 0 bridgehead atoms. The van der Waals surface area contributed by atoms with E-state index in [1.807, 2.05) is 48.5 Å². The molecule has 1 aliphatic heterocycles. The molecule has 8 aromatic heterocycles. The molecule has 1 saturated heterocycles. The summed E-state index contributed by atoms with van der Waals surface area (Å²) >= 11 is 3.66. The van der Waals surface area contributed by atoms with Crippen molar-refractivity contribution in [1.29, 1.82) is 0 Å². The van der Waals surface area contributed by atoms with Gasteiger partial charge in [0, 0.05) is 113 Å². The summed E-state index contributed by atoms with van der Waals surface area (Å²) in [4.78, 5) is 0. The van der Waals surface area contributed by atoms with Gasteiger partial charge in [-0.2, -0.15) is 0 Å². The maximum absolute atomic E-state index is 6.40. The zero-order valence-corrected chi connectivity index (χ0v) is 70.7. The van der Waals surface area contributed by atoms with Gasteiger partial charge in [0.25, 0.3) is 0 Å². The predicted molar refractivity (Wildman–Crippen MR) is 526 cm³/mol. The highest BCUT2D eigenvalue weighted by Crippen LogP contribution is 2.46. The zero-order chi connectivity index (χ0) is 83.8. The minimum absolute atomic E-state index is 0.370. The van der Waals surface area contributed by atoms with E-state index >= 15 is 0 Å². The van der Waals surface area contributed by atoms with Crippen LogP contribution in [0.3, 0.4) is 0 Å². The van der Waals surface area contributed by atoms with E-state index in [0.29, 0.717) is 0 Å². The molecule has 9 heterocycles. The van der Waals surface area contributed by atoms with Crippen molar-refractivity contribution < 1.29 is 27.0 Å². The molecule has 0 radical (unpaired) electrons. The van der Waals surface area contributed by atoms with E-state index in [9.17, 15) is 0 Å². The van der Waals surface area contributed by atoms with Gasteiger partial charge in [-0.3, -0.25) is 0 Å². The van der Waals surface area contributed by atoms with Gasteiger partial charge in [-0.15, -0.1) is 0 Å². The van der Waals surface area contributed by atoms with Crippen LogP contribution in [0.25, 0.3) is 231 Å². The molecule has 0 unspecified atom stereocenters. The smallest absolute Gasteiger partial charge is 0.456 e. The Morgan fingerprint density at radius 2 is 0.476 bits per heavy atom. The lowest BCUT2D eigenvalue weighted by atomic mass is 9.78. The Kier molecular flexibility index (Phi) is 16.6. The topological polar surface area (TPSA) is 90.7 Å². The van der Waals surface area contributed by atoms with Crippen molar-refractivity contribution in [3.63, 3.8) is 0 Å². The van der Waals surface area contributed by atoms with Crippen molar-refractivity contribution in [2.24, 2.45) is 0 Å². The first-order valence-electron chi connectivity index (χ1n) is 42.8. The summed E-state index contributed by atoms with van der Waals surface area (Å²) in [6.07, 6.45) is 0. The molecular weight excluding hydrogens is 1610 g/mol. The first-order valence-corrected chi connectivity index (χ1v) is 43.6. The second-order valence-electron chi connectivity index (χ2n) is 34.2. The van der Waals surface area contributed by atoms with Crippen LogP contribution in [0.15, 0.2) is 410 Å². The third-order valence-electron chi connectivity index (χ3n) is 26.4. The van der Waals surface area contributed by atoms with Gasteiger partial charge in [0.1, 0.15) is 44.7 Å². The highest BCUT2D eigenvalue weighted by atomic mass is 79.9. The fourth-order valence-corrected chi connectivity index (χ4v) is 20.0. The third-order valence-corrected chi connectivity index (χ3v) is 26.9. The molecular formula is C114H76BBrN4O6. The average Bonchev–Trinajstić information content (AvgIpc) is 1.57. The molecule has 1 fully saturated rings. The summed E-state index contributed by atoms with van der Waals surface area (Å²) in [5.74, 6) is 0. The molecule has 126 heavy (non-hydrogen) atoms. The van der Waals surface area contributed by atoms with E-state index in [-0.39, 0.29) is 11.2 Å². The minimum Gasteiger partial charge on any atom is -0.456 e. The maximum Gasteiger partial charge on any atom is 0.494 e. The number of furan rings is 4. The molecule has 598 valence electrons. The van der Waals surface area contributed by atoms with Crippen LogP contribution in [0, 0.1) is 0 Å². The molecule has 1 aliphatic rings. The van der Waals surface area contributed by atoms with Crippen LogP contribution in [-0.4, -0.2) is 36.6 Å². The van der Waals surface area contributed by atoms with Gasteiger partial charge >= 0.3 is 7.12 Å². The number of aromatic nitrogens is 4. The van der Waals surface area contributed by atoms with E-state index < -0.39 is 7.12 Å². The van der Waals surface area contributed by atoms with Crippen LogP contribution in [0.5, 0.6) is 0 Å². The van der Waals surface area contributed by atoms with Crippen LogP contribution >= 0.6 is 15.9 Å². The molecule has 0 aliphatic carbocycles. The molecule has 0 N–H and O–H groups in total. The first kappa shape index (κ1) is 73.5. The van der Waals surface area contributed by atoms with E-state index in [0.717, 1.165) is 120 Å². The average molecular weight is 1690 g/mol. The van der Waals surface area contributed by atoms with Crippen molar-refractivity contribution in [3.05, 3.63) is 393 Å². The number of rotatable bonds is 8. The van der Waals surface area contributed by atoms with Gasteiger partial charge in [0.15, 0.2) is 0 Å². The number of nitrogens with zero attached hydrogens (tertiary/aromatic N) is 4. The third kappa shape index (κ3) is 11.8. The van der Waals surface area contributed by atoms with Gasteiger partial charge in [-0.05, 0) is 249 Å². The van der Waals surface area contributed by atoms with Gasteiger partial charge < -0.3 is 45.2 Å². The number of fused-ring (bicyclic) bond motifs is 24. The van der Waals surface area contributed by atoms with E-state index in [4.69, 9.17) is 27.0 Å². The Bertz CT molecular complexity index is 8970. The Balaban J connectivity index is 0.000000110. The van der Waals surface area contributed by atoms with Crippen molar-refractivity contribution in [1.82, 2.24) is 18.3 Å². The lowest BCUT2D eigenvalue weighted by Gasteiger charge is -2.32. The Labute approximate surface area is 731 Å². The number of para-hydroxylation sites is 8. The van der Waals surface area contributed by atoms with Crippen LogP contribution in [0.2, 0.25) is 0 Å². The molecule has 10 nitrogen and oxygen atoms in total. The highest BCUT2D eigenvalue weighted by molar-refractivity contribution is 9.10. The summed E-state index contributed by atoms with van der Waals surface area (Å²) in [6.45, 7) is 8.27. The van der Waals surface area contributed by atoms with Gasteiger partial charge in [-0.25, -0.2) is 0 Å². The number of benzene rings is 18. The van der Waals surface area contributed by atoms with Crippen LogP contribution < -0.4 is 5.46 Å². The quantitative estimate of drug-likeness (QED) is 0.141. The number of hydrogen-bond acceptors (Lipinski definition) is 6. The fourth-order valence-electron chi connectivity index (χ4n) is 19.6. The minimum atomic E-state index is -0.399. The SMILES string of the molecule is Brc1cccc(-n2c3ccccc3c3cc(-c4ccc5c(c4)c4ccccc4n5-c4ccccc4)ccc32)c1.CC1(C)OB(c2ccc3oc4cc5c(cc4c3c2)oc2ccccc25)OC1(C)C.c1ccc(-n2c3ccccc3c3cc(-c4ccc5c(c4)c4ccccc4n5-c4cccc(-c5ccc6oc7cc8c(cc7c6c5)oc5ccccc58)c4)ccc32)cc1. The first-order chi connectivity index (χ1) is 61.8. The Morgan fingerprint density at radius 3 is 0.881 bits per heavy atom. The monoisotopic (exact) mass is 1690 g/mol. The maximum atomic E-state index is 6.40. The highest BCUT2D eigenvalue weighted by Gasteiger charge is 2.52. The van der Waals surface area contributed by atoms with Crippen molar-refractivity contribution in [2.45, 2.75) is 38.9 Å². The number of halogens is 1.